The topological polar surface area (TPSA) is 82.0 Å². The van der Waals surface area contributed by atoms with Gasteiger partial charge in [-0.05, 0) is 56.5 Å². The SMILES string of the molecule is Cc1ccc(C#N)cc1S(=O)(=O)NCC1CCCNC1.Cl. The first-order valence-corrected chi connectivity index (χ1v) is 8.22. The van der Waals surface area contributed by atoms with E-state index in [2.05, 4.69) is 10.0 Å². The van der Waals surface area contributed by atoms with Crippen LogP contribution in [0, 0.1) is 24.2 Å². The summed E-state index contributed by atoms with van der Waals surface area (Å²) in [5, 5.41) is 12.1. The predicted octanol–water partition coefficient (Wildman–Crippen LogP) is 1.57. The molecule has 1 aliphatic heterocycles. The summed E-state index contributed by atoms with van der Waals surface area (Å²) in [6.07, 6.45) is 2.11. The van der Waals surface area contributed by atoms with Gasteiger partial charge in [0.15, 0.2) is 0 Å². The molecule has 1 fully saturated rings. The summed E-state index contributed by atoms with van der Waals surface area (Å²) in [6.45, 7) is 4.02. The lowest BCUT2D eigenvalue weighted by Crippen LogP contribution is -2.38. The number of sulfonamides is 1. The van der Waals surface area contributed by atoms with Gasteiger partial charge in [0.05, 0.1) is 16.5 Å². The van der Waals surface area contributed by atoms with Gasteiger partial charge >= 0.3 is 0 Å². The van der Waals surface area contributed by atoms with Crippen LogP contribution in [0.25, 0.3) is 0 Å². The molecule has 1 atom stereocenters. The Morgan fingerprint density at radius 2 is 2.24 bits per heavy atom. The lowest BCUT2D eigenvalue weighted by atomic mass is 10.0. The quantitative estimate of drug-likeness (QED) is 0.878. The van der Waals surface area contributed by atoms with Gasteiger partial charge in [-0.25, -0.2) is 13.1 Å². The fourth-order valence-corrected chi connectivity index (χ4v) is 3.75. The third kappa shape index (κ3) is 4.68. The molecule has 0 aromatic heterocycles. The number of nitrogens with zero attached hydrogens (tertiary/aromatic N) is 1. The fourth-order valence-electron chi connectivity index (χ4n) is 2.36. The molecule has 0 bridgehead atoms. The Balaban J connectivity index is 0.00000220. The minimum atomic E-state index is -3.55. The van der Waals surface area contributed by atoms with E-state index in [1.807, 2.05) is 6.07 Å². The van der Waals surface area contributed by atoms with E-state index in [1.165, 1.54) is 6.07 Å². The van der Waals surface area contributed by atoms with Crippen molar-refractivity contribution in [2.45, 2.75) is 24.7 Å². The predicted molar refractivity (Wildman–Crippen MR) is 83.9 cm³/mol. The Morgan fingerprint density at radius 3 is 2.86 bits per heavy atom. The van der Waals surface area contributed by atoms with Crippen LogP contribution in [0.4, 0.5) is 0 Å². The highest BCUT2D eigenvalue weighted by Crippen LogP contribution is 2.17. The minimum Gasteiger partial charge on any atom is -0.316 e. The first-order chi connectivity index (χ1) is 9.53. The molecule has 0 amide bonds. The average Bonchev–Trinajstić information content (AvgIpc) is 2.47. The van der Waals surface area contributed by atoms with Crippen molar-refractivity contribution < 1.29 is 8.42 Å². The van der Waals surface area contributed by atoms with E-state index in [9.17, 15) is 8.42 Å². The second-order valence-corrected chi connectivity index (χ2v) is 6.89. The van der Waals surface area contributed by atoms with Crippen molar-refractivity contribution in [1.29, 1.82) is 5.26 Å². The minimum absolute atomic E-state index is 0. The maximum atomic E-state index is 12.3. The number of halogens is 1. The van der Waals surface area contributed by atoms with Crippen molar-refractivity contribution in [3.05, 3.63) is 29.3 Å². The van der Waals surface area contributed by atoms with Crippen LogP contribution in [-0.2, 0) is 10.0 Å². The van der Waals surface area contributed by atoms with Crippen LogP contribution in [0.5, 0.6) is 0 Å². The molecule has 0 aliphatic carbocycles. The monoisotopic (exact) mass is 329 g/mol. The molecule has 116 valence electrons. The van der Waals surface area contributed by atoms with E-state index >= 15 is 0 Å². The molecule has 2 N–H and O–H groups in total. The molecule has 1 aromatic carbocycles. The molecular formula is C14H20ClN3O2S. The molecule has 21 heavy (non-hydrogen) atoms. The molecule has 1 heterocycles. The maximum Gasteiger partial charge on any atom is 0.240 e. The molecule has 0 saturated carbocycles. The van der Waals surface area contributed by atoms with Crippen molar-refractivity contribution in [2.24, 2.45) is 5.92 Å². The number of hydrogen-bond acceptors (Lipinski definition) is 4. The van der Waals surface area contributed by atoms with Crippen molar-refractivity contribution in [3.63, 3.8) is 0 Å². The third-order valence-electron chi connectivity index (χ3n) is 3.57. The van der Waals surface area contributed by atoms with Crippen LogP contribution in [0.3, 0.4) is 0 Å². The smallest absolute Gasteiger partial charge is 0.240 e. The van der Waals surface area contributed by atoms with E-state index < -0.39 is 10.0 Å². The Labute approximate surface area is 132 Å². The summed E-state index contributed by atoms with van der Waals surface area (Å²) in [5.74, 6) is 0.331. The van der Waals surface area contributed by atoms with Gasteiger partial charge in [0.2, 0.25) is 10.0 Å². The molecule has 1 aromatic rings. The highest BCUT2D eigenvalue weighted by atomic mass is 35.5. The summed E-state index contributed by atoms with van der Waals surface area (Å²) in [7, 11) is -3.55. The number of rotatable bonds is 4. The molecular weight excluding hydrogens is 310 g/mol. The third-order valence-corrected chi connectivity index (χ3v) is 5.13. The number of nitriles is 1. The number of piperidine rings is 1. The first-order valence-electron chi connectivity index (χ1n) is 6.74. The van der Waals surface area contributed by atoms with Gasteiger partial charge in [0.25, 0.3) is 0 Å². The van der Waals surface area contributed by atoms with Crippen molar-refractivity contribution in [1.82, 2.24) is 10.0 Å². The zero-order chi connectivity index (χ0) is 14.6. The summed E-state index contributed by atoms with van der Waals surface area (Å²) in [4.78, 5) is 0.195. The lowest BCUT2D eigenvalue weighted by molar-refractivity contribution is 0.376. The standard InChI is InChI=1S/C14H19N3O2S.ClH/c1-11-4-5-12(8-15)7-14(11)20(18,19)17-10-13-3-2-6-16-9-13;/h4-5,7,13,16-17H,2-3,6,9-10H2,1H3;1H. The summed E-state index contributed by atoms with van der Waals surface area (Å²) >= 11 is 0. The van der Waals surface area contributed by atoms with Crippen molar-refractivity contribution in [3.8, 4) is 6.07 Å². The number of benzene rings is 1. The number of hydrogen-bond donors (Lipinski definition) is 2. The van der Waals surface area contributed by atoms with Gasteiger partial charge in [0.1, 0.15) is 0 Å². The zero-order valence-corrected chi connectivity index (χ0v) is 13.6. The van der Waals surface area contributed by atoms with Crippen LogP contribution >= 0.6 is 12.4 Å². The number of nitrogens with one attached hydrogen (secondary N) is 2. The largest absolute Gasteiger partial charge is 0.316 e. The Bertz CT molecular complexity index is 620. The zero-order valence-electron chi connectivity index (χ0n) is 11.9. The van der Waals surface area contributed by atoms with Crippen LogP contribution in [-0.4, -0.2) is 28.1 Å². The molecule has 5 nitrogen and oxygen atoms in total. The van der Waals surface area contributed by atoms with E-state index in [0.29, 0.717) is 23.6 Å². The van der Waals surface area contributed by atoms with Crippen LogP contribution in [0.1, 0.15) is 24.0 Å². The second kappa shape index (κ2) is 7.76. The van der Waals surface area contributed by atoms with Gasteiger partial charge < -0.3 is 5.32 Å². The van der Waals surface area contributed by atoms with E-state index in [4.69, 9.17) is 5.26 Å². The first kappa shape index (κ1) is 17.9. The van der Waals surface area contributed by atoms with E-state index in [1.54, 1.807) is 19.1 Å². The Hall–Kier alpha value is -1.13. The second-order valence-electron chi connectivity index (χ2n) is 5.16. The Kier molecular flexibility index (Phi) is 6.62. The molecule has 0 spiro atoms. The van der Waals surface area contributed by atoms with E-state index in [0.717, 1.165) is 25.9 Å². The van der Waals surface area contributed by atoms with Crippen LogP contribution < -0.4 is 10.0 Å². The summed E-state index contributed by atoms with van der Waals surface area (Å²) in [6, 6.07) is 6.68. The van der Waals surface area contributed by atoms with Crippen molar-refractivity contribution >= 4 is 22.4 Å². The lowest BCUT2D eigenvalue weighted by Gasteiger charge is -2.23. The van der Waals surface area contributed by atoms with Gasteiger partial charge in [-0.1, -0.05) is 6.07 Å². The van der Waals surface area contributed by atoms with Crippen LogP contribution in [0.15, 0.2) is 23.1 Å². The molecule has 2 rings (SSSR count). The highest BCUT2D eigenvalue weighted by Gasteiger charge is 2.20. The Morgan fingerprint density at radius 1 is 1.48 bits per heavy atom. The molecule has 1 unspecified atom stereocenters. The summed E-state index contributed by atoms with van der Waals surface area (Å²) < 4.78 is 27.3. The molecule has 1 aliphatic rings. The highest BCUT2D eigenvalue weighted by molar-refractivity contribution is 7.89. The van der Waals surface area contributed by atoms with Gasteiger partial charge in [-0.2, -0.15) is 5.26 Å². The number of aryl methyl sites for hydroxylation is 1. The van der Waals surface area contributed by atoms with Gasteiger partial charge in [0, 0.05) is 6.54 Å². The summed E-state index contributed by atoms with van der Waals surface area (Å²) in [5.41, 5.74) is 1.01. The van der Waals surface area contributed by atoms with Gasteiger partial charge in [-0.3, -0.25) is 0 Å². The van der Waals surface area contributed by atoms with E-state index in [-0.39, 0.29) is 17.3 Å². The normalized spacial score (nSPS) is 18.6. The van der Waals surface area contributed by atoms with Crippen LogP contribution in [0.2, 0.25) is 0 Å². The molecule has 1 saturated heterocycles. The molecule has 0 radical (unpaired) electrons. The van der Waals surface area contributed by atoms with Crippen molar-refractivity contribution in [2.75, 3.05) is 19.6 Å². The average molecular weight is 330 g/mol. The fraction of sp³-hybridized carbons (Fsp3) is 0.500. The van der Waals surface area contributed by atoms with Gasteiger partial charge in [-0.15, -0.1) is 12.4 Å². The molecule has 7 heteroatoms. The maximum absolute atomic E-state index is 12.3.